The molecular formula is C14H22N2. The van der Waals surface area contributed by atoms with Crippen molar-refractivity contribution < 1.29 is 0 Å². The summed E-state index contributed by atoms with van der Waals surface area (Å²) in [6.07, 6.45) is 2.48. The van der Waals surface area contributed by atoms with Crippen molar-refractivity contribution in [2.75, 3.05) is 26.2 Å². The van der Waals surface area contributed by atoms with Crippen molar-refractivity contribution in [2.45, 2.75) is 25.8 Å². The first-order chi connectivity index (χ1) is 7.86. The minimum Gasteiger partial charge on any atom is -0.314 e. The van der Waals surface area contributed by atoms with Gasteiger partial charge in [-0.1, -0.05) is 30.3 Å². The maximum absolute atomic E-state index is 3.43. The molecule has 1 aromatic carbocycles. The molecule has 1 atom stereocenters. The van der Waals surface area contributed by atoms with E-state index in [1.807, 2.05) is 0 Å². The highest BCUT2D eigenvalue weighted by atomic mass is 15.2. The van der Waals surface area contributed by atoms with Gasteiger partial charge in [0.25, 0.3) is 0 Å². The number of nitrogens with zero attached hydrogens (tertiary/aromatic N) is 1. The van der Waals surface area contributed by atoms with Gasteiger partial charge in [0, 0.05) is 25.7 Å². The predicted molar refractivity (Wildman–Crippen MR) is 68.7 cm³/mol. The molecule has 16 heavy (non-hydrogen) atoms. The summed E-state index contributed by atoms with van der Waals surface area (Å²) in [6.45, 7) is 7.05. The first-order valence-electron chi connectivity index (χ1n) is 6.35. The molecule has 1 aliphatic rings. The van der Waals surface area contributed by atoms with Crippen LogP contribution in [0.15, 0.2) is 30.3 Å². The molecule has 1 saturated heterocycles. The van der Waals surface area contributed by atoms with E-state index in [1.165, 1.54) is 31.5 Å². The summed E-state index contributed by atoms with van der Waals surface area (Å²) < 4.78 is 0. The lowest BCUT2D eigenvalue weighted by Crippen LogP contribution is -2.49. The zero-order valence-corrected chi connectivity index (χ0v) is 10.2. The molecule has 0 saturated carbocycles. The normalized spacial score (nSPS) is 22.2. The van der Waals surface area contributed by atoms with Gasteiger partial charge in [-0.2, -0.15) is 0 Å². The van der Waals surface area contributed by atoms with Crippen molar-refractivity contribution in [3.05, 3.63) is 35.9 Å². The molecule has 1 aliphatic heterocycles. The largest absolute Gasteiger partial charge is 0.314 e. The zero-order chi connectivity index (χ0) is 11.2. The zero-order valence-electron chi connectivity index (χ0n) is 10.2. The average molecular weight is 218 g/mol. The van der Waals surface area contributed by atoms with Crippen LogP contribution in [-0.2, 0) is 6.42 Å². The summed E-state index contributed by atoms with van der Waals surface area (Å²) in [5, 5.41) is 3.43. The molecule has 0 aliphatic carbocycles. The minimum absolute atomic E-state index is 0.699. The van der Waals surface area contributed by atoms with Crippen molar-refractivity contribution in [1.29, 1.82) is 0 Å². The maximum Gasteiger partial charge on any atom is 0.0192 e. The number of hydrogen-bond donors (Lipinski definition) is 1. The summed E-state index contributed by atoms with van der Waals surface area (Å²) in [4.78, 5) is 2.60. The second-order valence-electron chi connectivity index (χ2n) is 4.68. The molecule has 88 valence electrons. The molecular weight excluding hydrogens is 196 g/mol. The molecule has 2 rings (SSSR count). The minimum atomic E-state index is 0.699. The summed E-state index contributed by atoms with van der Waals surface area (Å²) in [6, 6.07) is 11.5. The Labute approximate surface area is 98.7 Å². The average Bonchev–Trinajstić information content (AvgIpc) is 2.33. The van der Waals surface area contributed by atoms with Gasteiger partial charge >= 0.3 is 0 Å². The van der Waals surface area contributed by atoms with Crippen LogP contribution < -0.4 is 5.32 Å². The molecule has 2 nitrogen and oxygen atoms in total. The van der Waals surface area contributed by atoms with Gasteiger partial charge in [0.15, 0.2) is 0 Å². The smallest absolute Gasteiger partial charge is 0.0192 e. The predicted octanol–water partition coefficient (Wildman–Crippen LogP) is 1.91. The van der Waals surface area contributed by atoms with E-state index < -0.39 is 0 Å². The van der Waals surface area contributed by atoms with Crippen LogP contribution in [-0.4, -0.2) is 37.1 Å². The van der Waals surface area contributed by atoms with E-state index in [4.69, 9.17) is 0 Å². The Kier molecular flexibility index (Phi) is 4.37. The summed E-state index contributed by atoms with van der Waals surface area (Å²) >= 11 is 0. The third-order valence-corrected chi connectivity index (χ3v) is 3.39. The third-order valence-electron chi connectivity index (χ3n) is 3.39. The van der Waals surface area contributed by atoms with Crippen molar-refractivity contribution in [3.8, 4) is 0 Å². The van der Waals surface area contributed by atoms with E-state index in [0.717, 1.165) is 13.1 Å². The van der Waals surface area contributed by atoms with Crippen LogP contribution in [0.3, 0.4) is 0 Å². The topological polar surface area (TPSA) is 15.3 Å². The van der Waals surface area contributed by atoms with Crippen molar-refractivity contribution >= 4 is 0 Å². The van der Waals surface area contributed by atoms with Crippen LogP contribution in [0.5, 0.6) is 0 Å². The second-order valence-corrected chi connectivity index (χ2v) is 4.68. The Morgan fingerprint density at radius 1 is 1.31 bits per heavy atom. The fourth-order valence-electron chi connectivity index (χ4n) is 2.35. The highest BCUT2D eigenvalue weighted by Crippen LogP contribution is 2.07. The van der Waals surface area contributed by atoms with Gasteiger partial charge in [-0.15, -0.1) is 0 Å². The van der Waals surface area contributed by atoms with Gasteiger partial charge in [-0.25, -0.2) is 0 Å². The van der Waals surface area contributed by atoms with E-state index in [9.17, 15) is 0 Å². The Balaban J connectivity index is 1.71. The first-order valence-corrected chi connectivity index (χ1v) is 6.35. The molecule has 1 fully saturated rings. The lowest BCUT2D eigenvalue weighted by Gasteiger charge is -2.33. The SMILES string of the molecule is C[C@@H]1CNCCN1CCCc1ccccc1. The second kappa shape index (κ2) is 6.02. The molecule has 1 aromatic rings. The number of piperazine rings is 1. The third kappa shape index (κ3) is 3.32. The standard InChI is InChI=1S/C14H22N2/c1-13-12-15-9-11-16(13)10-5-8-14-6-3-2-4-7-14/h2-4,6-7,13,15H,5,8-12H2,1H3/t13-/m1/s1. The number of hydrogen-bond acceptors (Lipinski definition) is 2. The van der Waals surface area contributed by atoms with Crippen LogP contribution in [0.25, 0.3) is 0 Å². The molecule has 0 unspecified atom stereocenters. The van der Waals surface area contributed by atoms with Crippen molar-refractivity contribution in [1.82, 2.24) is 10.2 Å². The summed E-state index contributed by atoms with van der Waals surface area (Å²) in [7, 11) is 0. The van der Waals surface area contributed by atoms with Crippen LogP contribution in [0.2, 0.25) is 0 Å². The van der Waals surface area contributed by atoms with Crippen LogP contribution in [0.1, 0.15) is 18.9 Å². The lowest BCUT2D eigenvalue weighted by atomic mass is 10.1. The molecule has 0 bridgehead atoms. The van der Waals surface area contributed by atoms with E-state index in [1.54, 1.807) is 0 Å². The molecule has 0 aromatic heterocycles. The Bertz CT molecular complexity index is 297. The van der Waals surface area contributed by atoms with Gasteiger partial charge in [-0.3, -0.25) is 4.90 Å². The molecule has 0 radical (unpaired) electrons. The van der Waals surface area contributed by atoms with Crippen molar-refractivity contribution in [2.24, 2.45) is 0 Å². The summed E-state index contributed by atoms with van der Waals surface area (Å²) in [5.41, 5.74) is 1.46. The fraction of sp³-hybridized carbons (Fsp3) is 0.571. The first kappa shape index (κ1) is 11.6. The van der Waals surface area contributed by atoms with E-state index in [2.05, 4.69) is 47.5 Å². The molecule has 2 heteroatoms. The van der Waals surface area contributed by atoms with Crippen LogP contribution in [0, 0.1) is 0 Å². The van der Waals surface area contributed by atoms with E-state index >= 15 is 0 Å². The van der Waals surface area contributed by atoms with Gasteiger partial charge in [-0.05, 0) is 31.9 Å². The maximum atomic E-state index is 3.43. The van der Waals surface area contributed by atoms with Gasteiger partial charge in [0.05, 0.1) is 0 Å². The number of benzene rings is 1. The monoisotopic (exact) mass is 218 g/mol. The molecule has 0 spiro atoms. The van der Waals surface area contributed by atoms with E-state index in [0.29, 0.717) is 6.04 Å². The highest BCUT2D eigenvalue weighted by molar-refractivity contribution is 5.14. The number of rotatable bonds is 4. The van der Waals surface area contributed by atoms with Crippen LogP contribution >= 0.6 is 0 Å². The molecule has 1 heterocycles. The van der Waals surface area contributed by atoms with Crippen LogP contribution in [0.4, 0.5) is 0 Å². The van der Waals surface area contributed by atoms with Gasteiger partial charge in [0.2, 0.25) is 0 Å². The van der Waals surface area contributed by atoms with Gasteiger partial charge < -0.3 is 5.32 Å². The lowest BCUT2D eigenvalue weighted by molar-refractivity contribution is 0.172. The number of nitrogens with one attached hydrogen (secondary N) is 1. The fourth-order valence-corrected chi connectivity index (χ4v) is 2.35. The quantitative estimate of drug-likeness (QED) is 0.830. The highest BCUT2D eigenvalue weighted by Gasteiger charge is 2.16. The molecule has 0 amide bonds. The van der Waals surface area contributed by atoms with Gasteiger partial charge in [0.1, 0.15) is 0 Å². The summed E-state index contributed by atoms with van der Waals surface area (Å²) in [5.74, 6) is 0. The van der Waals surface area contributed by atoms with E-state index in [-0.39, 0.29) is 0 Å². The Morgan fingerprint density at radius 2 is 2.12 bits per heavy atom. The Morgan fingerprint density at radius 3 is 2.88 bits per heavy atom. The van der Waals surface area contributed by atoms with Crippen molar-refractivity contribution in [3.63, 3.8) is 0 Å². The number of aryl methyl sites for hydroxylation is 1. The molecule has 1 N–H and O–H groups in total. The Hall–Kier alpha value is -0.860.